The fourth-order valence-corrected chi connectivity index (χ4v) is 4.30. The highest BCUT2D eigenvalue weighted by Gasteiger charge is 2.25. The molecular formula is C17H22N2O3S. The summed E-state index contributed by atoms with van der Waals surface area (Å²) < 4.78 is 34.2. The fourth-order valence-electron chi connectivity index (χ4n) is 3.00. The number of nitrogens with zero attached hydrogens (tertiary/aromatic N) is 1. The zero-order chi connectivity index (χ0) is 16.1. The topological polar surface area (TPSA) is 62.6 Å². The van der Waals surface area contributed by atoms with Crippen LogP contribution in [0.15, 0.2) is 53.1 Å². The second kappa shape index (κ2) is 7.29. The molecule has 0 spiro atoms. The van der Waals surface area contributed by atoms with E-state index in [9.17, 15) is 8.42 Å². The number of hydrogen-bond donors (Lipinski definition) is 1. The highest BCUT2D eigenvalue weighted by atomic mass is 32.2. The molecule has 1 aliphatic heterocycles. The molecule has 23 heavy (non-hydrogen) atoms. The van der Waals surface area contributed by atoms with Crippen molar-refractivity contribution in [2.24, 2.45) is 0 Å². The standard InChI is InChI=1S/C17H22N2O3S/c20-23(21,19-12-4-5-13-19)18-11-10-16(17-9-6-14-22-17)15-7-2-1-3-8-15/h1-3,6-9,14,16,18H,4-5,10-13H2/t16-/m0/s1. The fraction of sp³-hybridized carbons (Fsp3) is 0.412. The van der Waals surface area contributed by atoms with Crippen molar-refractivity contribution in [2.75, 3.05) is 19.6 Å². The summed E-state index contributed by atoms with van der Waals surface area (Å²) in [6.07, 6.45) is 4.20. The van der Waals surface area contributed by atoms with Crippen LogP contribution in [0.5, 0.6) is 0 Å². The van der Waals surface area contributed by atoms with Crippen LogP contribution >= 0.6 is 0 Å². The maximum absolute atomic E-state index is 12.2. The van der Waals surface area contributed by atoms with Crippen molar-refractivity contribution in [3.8, 4) is 0 Å². The van der Waals surface area contributed by atoms with Crippen LogP contribution in [0.25, 0.3) is 0 Å². The normalized spacial score (nSPS) is 17.4. The van der Waals surface area contributed by atoms with E-state index >= 15 is 0 Å². The average molecular weight is 334 g/mol. The van der Waals surface area contributed by atoms with Crippen LogP contribution in [-0.4, -0.2) is 32.4 Å². The summed E-state index contributed by atoms with van der Waals surface area (Å²) in [6, 6.07) is 13.8. The molecule has 1 saturated heterocycles. The second-order valence-corrected chi connectivity index (χ2v) is 7.53. The van der Waals surface area contributed by atoms with E-state index in [4.69, 9.17) is 4.42 Å². The maximum Gasteiger partial charge on any atom is 0.279 e. The minimum atomic E-state index is -3.35. The molecule has 1 aromatic heterocycles. The Hall–Kier alpha value is -1.63. The van der Waals surface area contributed by atoms with Crippen molar-refractivity contribution in [3.63, 3.8) is 0 Å². The Morgan fingerprint density at radius 1 is 1.09 bits per heavy atom. The van der Waals surface area contributed by atoms with Gasteiger partial charge in [-0.1, -0.05) is 30.3 Å². The largest absolute Gasteiger partial charge is 0.469 e. The summed E-state index contributed by atoms with van der Waals surface area (Å²) in [5, 5.41) is 0. The zero-order valence-electron chi connectivity index (χ0n) is 13.0. The van der Waals surface area contributed by atoms with Crippen LogP contribution in [0.3, 0.4) is 0 Å². The number of hydrogen-bond acceptors (Lipinski definition) is 3. The molecule has 1 atom stereocenters. The van der Waals surface area contributed by atoms with Crippen molar-refractivity contribution in [1.29, 1.82) is 0 Å². The summed E-state index contributed by atoms with van der Waals surface area (Å²) >= 11 is 0. The molecule has 1 aromatic carbocycles. The van der Waals surface area contributed by atoms with E-state index < -0.39 is 10.2 Å². The van der Waals surface area contributed by atoms with Gasteiger partial charge in [0, 0.05) is 25.6 Å². The van der Waals surface area contributed by atoms with Gasteiger partial charge in [-0.15, -0.1) is 0 Å². The number of furan rings is 1. The lowest BCUT2D eigenvalue weighted by Crippen LogP contribution is -2.39. The summed E-state index contributed by atoms with van der Waals surface area (Å²) in [4.78, 5) is 0. The molecule has 0 aliphatic carbocycles. The highest BCUT2D eigenvalue weighted by Crippen LogP contribution is 2.28. The van der Waals surface area contributed by atoms with Crippen LogP contribution in [0.2, 0.25) is 0 Å². The average Bonchev–Trinajstić information content (AvgIpc) is 3.25. The van der Waals surface area contributed by atoms with Crippen molar-refractivity contribution in [3.05, 3.63) is 60.1 Å². The molecule has 1 N–H and O–H groups in total. The molecule has 1 fully saturated rings. The van der Waals surface area contributed by atoms with Crippen LogP contribution in [0, 0.1) is 0 Å². The van der Waals surface area contributed by atoms with E-state index in [0.29, 0.717) is 26.1 Å². The first-order valence-electron chi connectivity index (χ1n) is 8.00. The van der Waals surface area contributed by atoms with Gasteiger partial charge >= 0.3 is 0 Å². The Morgan fingerprint density at radius 2 is 1.83 bits per heavy atom. The quantitative estimate of drug-likeness (QED) is 0.847. The van der Waals surface area contributed by atoms with Gasteiger partial charge in [-0.25, -0.2) is 4.72 Å². The number of benzene rings is 1. The van der Waals surface area contributed by atoms with E-state index in [0.717, 1.165) is 24.2 Å². The minimum absolute atomic E-state index is 0.0486. The van der Waals surface area contributed by atoms with Gasteiger partial charge in [0.25, 0.3) is 10.2 Å². The van der Waals surface area contributed by atoms with E-state index in [1.165, 1.54) is 4.31 Å². The molecule has 2 heterocycles. The maximum atomic E-state index is 12.2. The molecule has 0 radical (unpaired) electrons. The molecule has 6 heteroatoms. The van der Waals surface area contributed by atoms with Gasteiger partial charge in [0.1, 0.15) is 5.76 Å². The molecule has 0 unspecified atom stereocenters. The lowest BCUT2D eigenvalue weighted by molar-refractivity contribution is 0.453. The second-order valence-electron chi connectivity index (χ2n) is 5.77. The first-order valence-corrected chi connectivity index (χ1v) is 9.44. The molecule has 3 rings (SSSR count). The zero-order valence-corrected chi connectivity index (χ0v) is 13.8. The van der Waals surface area contributed by atoms with Gasteiger partial charge in [-0.05, 0) is 37.0 Å². The van der Waals surface area contributed by atoms with Crippen molar-refractivity contribution in [1.82, 2.24) is 9.03 Å². The Labute approximate surface area is 137 Å². The van der Waals surface area contributed by atoms with E-state index in [-0.39, 0.29) is 5.92 Å². The van der Waals surface area contributed by atoms with Crippen molar-refractivity contribution in [2.45, 2.75) is 25.2 Å². The highest BCUT2D eigenvalue weighted by molar-refractivity contribution is 7.87. The van der Waals surface area contributed by atoms with Gasteiger partial charge in [0.2, 0.25) is 0 Å². The predicted octanol–water partition coefficient (Wildman–Crippen LogP) is 2.73. The molecule has 0 bridgehead atoms. The van der Waals surface area contributed by atoms with Gasteiger partial charge in [0.05, 0.1) is 6.26 Å². The molecule has 0 saturated carbocycles. The Bertz CT molecular complexity index is 693. The minimum Gasteiger partial charge on any atom is -0.469 e. The summed E-state index contributed by atoms with van der Waals surface area (Å²) in [6.45, 7) is 1.63. The smallest absolute Gasteiger partial charge is 0.279 e. The Balaban J connectivity index is 1.66. The molecule has 5 nitrogen and oxygen atoms in total. The molecule has 0 amide bonds. The molecule has 124 valence electrons. The lowest BCUT2D eigenvalue weighted by atomic mass is 9.93. The first-order chi connectivity index (χ1) is 11.2. The molecule has 1 aliphatic rings. The molecule has 2 aromatic rings. The van der Waals surface area contributed by atoms with E-state index in [1.54, 1.807) is 6.26 Å². The van der Waals surface area contributed by atoms with Crippen LogP contribution in [-0.2, 0) is 10.2 Å². The Morgan fingerprint density at radius 3 is 2.48 bits per heavy atom. The lowest BCUT2D eigenvalue weighted by Gasteiger charge is -2.19. The van der Waals surface area contributed by atoms with Crippen molar-refractivity contribution >= 4 is 10.2 Å². The van der Waals surface area contributed by atoms with Crippen molar-refractivity contribution < 1.29 is 12.8 Å². The third-order valence-corrected chi connectivity index (χ3v) is 5.82. The van der Waals surface area contributed by atoms with Crippen LogP contribution in [0.4, 0.5) is 0 Å². The summed E-state index contributed by atoms with van der Waals surface area (Å²) in [5.74, 6) is 0.907. The number of rotatable bonds is 7. The third kappa shape index (κ3) is 4.02. The van der Waals surface area contributed by atoms with Gasteiger partial charge < -0.3 is 4.42 Å². The monoisotopic (exact) mass is 334 g/mol. The Kier molecular flexibility index (Phi) is 5.15. The van der Waals surface area contributed by atoms with Crippen LogP contribution < -0.4 is 4.72 Å². The predicted molar refractivity (Wildman–Crippen MR) is 89.3 cm³/mol. The SMILES string of the molecule is O=S(=O)(NCC[C@@H](c1ccccc1)c1ccco1)N1CCCC1. The first kappa shape index (κ1) is 16.2. The number of nitrogens with one attached hydrogen (secondary N) is 1. The summed E-state index contributed by atoms with van der Waals surface area (Å²) in [7, 11) is -3.35. The van der Waals surface area contributed by atoms with Gasteiger partial charge in [-0.2, -0.15) is 12.7 Å². The third-order valence-electron chi connectivity index (χ3n) is 4.21. The summed E-state index contributed by atoms with van der Waals surface area (Å²) in [5.41, 5.74) is 1.13. The van der Waals surface area contributed by atoms with Gasteiger partial charge in [-0.3, -0.25) is 0 Å². The molecular weight excluding hydrogens is 312 g/mol. The van der Waals surface area contributed by atoms with Gasteiger partial charge in [0.15, 0.2) is 0 Å². The van der Waals surface area contributed by atoms with E-state index in [1.807, 2.05) is 42.5 Å². The van der Waals surface area contributed by atoms with E-state index in [2.05, 4.69) is 4.72 Å². The van der Waals surface area contributed by atoms with Crippen LogP contribution in [0.1, 0.15) is 36.5 Å².